The third-order valence-corrected chi connectivity index (χ3v) is 12.9. The summed E-state index contributed by atoms with van der Waals surface area (Å²) >= 11 is 0. The summed E-state index contributed by atoms with van der Waals surface area (Å²) in [5.41, 5.74) is 0. The first-order valence-electron chi connectivity index (χ1n) is 24.3. The van der Waals surface area contributed by atoms with Crippen molar-refractivity contribution in [3.63, 3.8) is 0 Å². The predicted molar refractivity (Wildman–Crippen MR) is 252 cm³/mol. The first-order valence-corrected chi connectivity index (χ1v) is 28.8. The van der Waals surface area contributed by atoms with Crippen molar-refractivity contribution in [2.24, 2.45) is 0 Å². The molecule has 0 bridgehead atoms. The van der Waals surface area contributed by atoms with Gasteiger partial charge in [-0.25, -0.2) is 13.7 Å². The van der Waals surface area contributed by atoms with Crippen LogP contribution in [0.15, 0.2) is 36.5 Å². The number of phosphoric acid groups is 3. The van der Waals surface area contributed by atoms with Crippen LogP contribution in [0, 0.1) is 0 Å². The summed E-state index contributed by atoms with van der Waals surface area (Å²) in [5.74, 6) is -1.32. The van der Waals surface area contributed by atoms with E-state index in [1.165, 1.54) is 57.8 Å². The Morgan fingerprint density at radius 2 is 0.866 bits per heavy atom. The molecule has 392 valence electrons. The Kier molecular flexibility index (Phi) is 35.2. The molecule has 1 rings (SSSR count). The Morgan fingerprint density at radius 3 is 1.36 bits per heavy atom. The average molecular weight is 1020 g/mol. The van der Waals surface area contributed by atoms with Gasteiger partial charge in [-0.15, -0.1) is 0 Å². The third-order valence-electron chi connectivity index (χ3n) is 10.9. The highest BCUT2D eigenvalue weighted by molar-refractivity contribution is 7.47. The molecule has 0 spiro atoms. The van der Waals surface area contributed by atoms with Gasteiger partial charge < -0.3 is 49.3 Å². The average Bonchev–Trinajstić information content (AvgIpc) is 3.25. The molecule has 0 heterocycles. The van der Waals surface area contributed by atoms with Crippen molar-refractivity contribution in [1.82, 2.24) is 0 Å². The molecule has 1 fully saturated rings. The van der Waals surface area contributed by atoms with E-state index in [0.717, 1.165) is 83.5 Å². The number of carbonyl (C=O) groups is 2. The molecule has 67 heavy (non-hydrogen) atoms. The highest BCUT2D eigenvalue weighted by atomic mass is 31.2. The van der Waals surface area contributed by atoms with E-state index in [1.54, 1.807) is 0 Å². The van der Waals surface area contributed by atoms with Crippen LogP contribution >= 0.6 is 23.5 Å². The van der Waals surface area contributed by atoms with Crippen molar-refractivity contribution in [3.8, 4) is 0 Å². The van der Waals surface area contributed by atoms with Gasteiger partial charge in [0.1, 0.15) is 43.2 Å². The van der Waals surface area contributed by atoms with Crippen LogP contribution in [0.5, 0.6) is 0 Å². The number of hydrogen-bond acceptors (Lipinski definition) is 14. The minimum absolute atomic E-state index is 0.0149. The van der Waals surface area contributed by atoms with Gasteiger partial charge in [0.25, 0.3) is 0 Å². The van der Waals surface area contributed by atoms with E-state index < -0.39 is 91.3 Å². The van der Waals surface area contributed by atoms with Gasteiger partial charge in [-0.3, -0.25) is 27.7 Å². The second kappa shape index (κ2) is 37.2. The Labute approximate surface area is 398 Å². The van der Waals surface area contributed by atoms with Gasteiger partial charge >= 0.3 is 35.4 Å². The molecule has 22 heteroatoms. The summed E-state index contributed by atoms with van der Waals surface area (Å²) in [6.07, 6.45) is 21.6. The molecule has 8 N–H and O–H groups in total. The lowest BCUT2D eigenvalue weighted by Gasteiger charge is -2.44. The minimum atomic E-state index is -5.60. The second-order valence-corrected chi connectivity index (χ2v) is 20.8. The highest BCUT2D eigenvalue weighted by Gasteiger charge is 2.56. The number of ether oxygens (including phenoxy) is 2. The van der Waals surface area contributed by atoms with Gasteiger partial charge in [-0.2, -0.15) is 0 Å². The van der Waals surface area contributed by atoms with Crippen molar-refractivity contribution in [2.45, 2.75) is 224 Å². The smallest absolute Gasteiger partial charge is 0.462 e. The molecule has 5 unspecified atom stereocenters. The third kappa shape index (κ3) is 33.6. The molecule has 0 aromatic heterocycles. The number of aliphatic hydroxyl groups is 3. The predicted octanol–water partition coefficient (Wildman–Crippen LogP) is 8.85. The molecule has 1 aliphatic carbocycles. The fourth-order valence-corrected chi connectivity index (χ4v) is 9.35. The van der Waals surface area contributed by atoms with Crippen LogP contribution in [0.4, 0.5) is 0 Å². The molecule has 0 aromatic carbocycles. The SMILES string of the molecule is CCCCCC=CCC=CCCCCCCCC(=O)OC[C@H](COP(=O)(O)O[C@H]1C(O)C(O)C(OP(=O)(O)O)[C@@H](OP(=O)(O)O)C1O)OC(=O)CCCCCCCC=CCCCCCCCC. The van der Waals surface area contributed by atoms with E-state index in [-0.39, 0.29) is 12.8 Å². The number of aliphatic hydroxyl groups excluding tert-OH is 3. The summed E-state index contributed by atoms with van der Waals surface area (Å²) in [7, 11) is -16.6. The maximum absolute atomic E-state index is 13.1. The number of allylic oxidation sites excluding steroid dienone is 6. The number of carbonyl (C=O) groups excluding carboxylic acids is 2. The molecule has 0 saturated heterocycles. The number of phosphoric ester groups is 3. The van der Waals surface area contributed by atoms with Crippen LogP contribution in [0.25, 0.3) is 0 Å². The normalized spacial score (nSPS) is 21.9. The van der Waals surface area contributed by atoms with Crippen molar-refractivity contribution in [2.75, 3.05) is 13.2 Å². The largest absolute Gasteiger partial charge is 0.472 e. The molecular weight excluding hydrogens is 937 g/mol. The minimum Gasteiger partial charge on any atom is -0.462 e. The molecule has 8 atom stereocenters. The molecule has 1 aliphatic rings. The number of hydrogen-bond donors (Lipinski definition) is 8. The Morgan fingerprint density at radius 1 is 0.478 bits per heavy atom. The van der Waals surface area contributed by atoms with Crippen molar-refractivity contribution >= 4 is 35.4 Å². The van der Waals surface area contributed by atoms with E-state index in [1.807, 2.05) is 0 Å². The van der Waals surface area contributed by atoms with Gasteiger partial charge in [0, 0.05) is 12.8 Å². The molecule has 19 nitrogen and oxygen atoms in total. The fourth-order valence-electron chi connectivity index (χ4n) is 7.25. The Bertz CT molecular complexity index is 1550. The van der Waals surface area contributed by atoms with Crippen LogP contribution < -0.4 is 0 Å². The van der Waals surface area contributed by atoms with E-state index in [4.69, 9.17) is 18.5 Å². The standard InChI is InChI=1S/C45H83O19P3/c1-3-5-7-9-11-13-15-17-19-21-23-25-27-29-31-33-38(46)59-35-37(61-39(47)34-32-30-28-26-24-22-20-18-16-14-12-10-8-6-4-2)36-60-67(57,58)64-43-40(48)41(49)44(62-65(51,52)53)45(42(43)50)63-66(54,55)56/h11,13,17-20,37,40-45,48-50H,3-10,12,14-16,21-36H2,1-2H3,(H,57,58)(H2,51,52,53)(H2,54,55,56)/t37-,40?,41?,42?,43+,44?,45+/m1/s1. The molecule has 0 amide bonds. The fraction of sp³-hybridized carbons (Fsp3) is 0.822. The van der Waals surface area contributed by atoms with Gasteiger partial charge in [0.2, 0.25) is 0 Å². The molecule has 0 aromatic rings. The van der Waals surface area contributed by atoms with Crippen LogP contribution in [0.1, 0.15) is 181 Å². The quantitative estimate of drug-likeness (QED) is 0.0123. The number of rotatable bonds is 41. The van der Waals surface area contributed by atoms with E-state index >= 15 is 0 Å². The zero-order valence-electron chi connectivity index (χ0n) is 39.7. The van der Waals surface area contributed by atoms with Crippen molar-refractivity contribution in [1.29, 1.82) is 0 Å². The van der Waals surface area contributed by atoms with Crippen LogP contribution in [-0.4, -0.2) is 108 Å². The van der Waals surface area contributed by atoms with Gasteiger partial charge in [0.05, 0.1) is 6.61 Å². The lowest BCUT2D eigenvalue weighted by Crippen LogP contribution is -2.65. The maximum Gasteiger partial charge on any atom is 0.472 e. The topological polar surface area (TPSA) is 303 Å². The molecular formula is C45H83O19P3. The molecule has 0 radical (unpaired) electrons. The lowest BCUT2D eigenvalue weighted by atomic mass is 9.85. The van der Waals surface area contributed by atoms with Crippen molar-refractivity contribution < 1.29 is 90.6 Å². The molecule has 1 saturated carbocycles. The Hall–Kier alpha value is -1.63. The zero-order chi connectivity index (χ0) is 50.0. The number of esters is 2. The Balaban J connectivity index is 2.74. The zero-order valence-corrected chi connectivity index (χ0v) is 42.4. The van der Waals surface area contributed by atoms with Crippen molar-refractivity contribution in [3.05, 3.63) is 36.5 Å². The van der Waals surface area contributed by atoms with Gasteiger partial charge in [-0.05, 0) is 70.6 Å². The summed E-state index contributed by atoms with van der Waals surface area (Å²) < 4.78 is 65.5. The maximum atomic E-state index is 13.1. The van der Waals surface area contributed by atoms with E-state index in [9.17, 15) is 63.1 Å². The van der Waals surface area contributed by atoms with Crippen LogP contribution in [0.2, 0.25) is 0 Å². The van der Waals surface area contributed by atoms with E-state index in [0.29, 0.717) is 12.8 Å². The first kappa shape index (κ1) is 63.4. The second-order valence-electron chi connectivity index (χ2n) is 17.0. The monoisotopic (exact) mass is 1020 g/mol. The summed E-state index contributed by atoms with van der Waals surface area (Å²) in [6, 6.07) is 0. The van der Waals surface area contributed by atoms with Crippen LogP contribution in [-0.2, 0) is 50.9 Å². The highest BCUT2D eigenvalue weighted by Crippen LogP contribution is 2.51. The summed E-state index contributed by atoms with van der Waals surface area (Å²) in [6.45, 7) is 2.90. The van der Waals surface area contributed by atoms with Gasteiger partial charge in [-0.1, -0.05) is 134 Å². The number of unbranched alkanes of at least 4 members (excludes halogenated alkanes) is 19. The lowest BCUT2D eigenvalue weighted by molar-refractivity contribution is -0.213. The van der Waals surface area contributed by atoms with Crippen LogP contribution in [0.3, 0.4) is 0 Å². The van der Waals surface area contributed by atoms with E-state index in [2.05, 4.69) is 59.4 Å². The summed E-state index contributed by atoms with van der Waals surface area (Å²) in [5, 5.41) is 31.9. The first-order chi connectivity index (χ1) is 31.8. The summed E-state index contributed by atoms with van der Waals surface area (Å²) in [4.78, 5) is 73.2. The molecule has 0 aliphatic heterocycles. The van der Waals surface area contributed by atoms with Gasteiger partial charge in [0.15, 0.2) is 6.10 Å².